The van der Waals surface area contributed by atoms with Crippen molar-refractivity contribution in [2.75, 3.05) is 25.5 Å². The van der Waals surface area contributed by atoms with E-state index in [0.29, 0.717) is 27.6 Å². The molecule has 0 bridgehead atoms. The molecule has 1 aliphatic carbocycles. The van der Waals surface area contributed by atoms with Gasteiger partial charge in [0, 0.05) is 62.3 Å². The second kappa shape index (κ2) is 11.2. The first-order valence-corrected chi connectivity index (χ1v) is 15.5. The van der Waals surface area contributed by atoms with Crippen molar-refractivity contribution in [1.29, 1.82) is 0 Å². The van der Waals surface area contributed by atoms with Gasteiger partial charge in [-0.2, -0.15) is 0 Å². The number of benzene rings is 2. The van der Waals surface area contributed by atoms with Crippen LogP contribution in [0.4, 0.5) is 11.5 Å². The van der Waals surface area contributed by atoms with Crippen LogP contribution in [0.25, 0.3) is 33.3 Å². The summed E-state index contributed by atoms with van der Waals surface area (Å²) in [5, 5.41) is 4.27. The lowest BCUT2D eigenvalue weighted by Gasteiger charge is -2.20. The number of methoxy groups -OCH3 is 1. The molecule has 0 amide bonds. The summed E-state index contributed by atoms with van der Waals surface area (Å²) >= 11 is 7.12. The van der Waals surface area contributed by atoms with Gasteiger partial charge >= 0.3 is 5.69 Å². The third kappa shape index (κ3) is 4.91. The first-order chi connectivity index (χ1) is 21.7. The van der Waals surface area contributed by atoms with Crippen molar-refractivity contribution >= 4 is 34.0 Å². The molecule has 2 fully saturated rings. The van der Waals surface area contributed by atoms with E-state index in [1.807, 2.05) is 49.4 Å². The van der Waals surface area contributed by atoms with Crippen LogP contribution in [-0.4, -0.2) is 44.2 Å². The summed E-state index contributed by atoms with van der Waals surface area (Å²) in [6.45, 7) is 7.47. The van der Waals surface area contributed by atoms with E-state index in [1.54, 1.807) is 26.4 Å². The van der Waals surface area contributed by atoms with E-state index in [2.05, 4.69) is 28.2 Å². The fourth-order valence-electron chi connectivity index (χ4n) is 6.94. The number of likely N-dealkylation sites (tertiary alicyclic amines) is 1. The average Bonchev–Trinajstić information content (AvgIpc) is 3.42. The quantitative estimate of drug-likeness (QED) is 0.246. The van der Waals surface area contributed by atoms with Gasteiger partial charge in [0.2, 0.25) is 5.88 Å². The van der Waals surface area contributed by atoms with Crippen molar-refractivity contribution in [2.45, 2.75) is 20.4 Å². The SMILES string of the molecule is COc1nc(-c2cccc(-c3cccc(Nc4nccc5c4c(=O)n(C)c(=O)n5C)c3C)c2Cl)ccc1CN1CC2C(C)C2C1. The molecule has 1 N–H and O–H groups in total. The molecule has 0 spiro atoms. The summed E-state index contributed by atoms with van der Waals surface area (Å²) in [4.78, 5) is 37.5. The topological polar surface area (TPSA) is 94.3 Å². The molecule has 0 radical (unpaired) electrons. The standard InChI is InChI=1S/C35H35ClN6O3/c1-19-25-17-42(18-26(19)25)16-21-12-13-28(39-33(21)45-5)24-10-6-9-23(31(24)36)22-8-7-11-27(20(22)2)38-32-30-29(14-15-37-32)40(3)35(44)41(4)34(30)43/h6-15,19,25-26H,16-18H2,1-5H3,(H,37,38). The zero-order chi connectivity index (χ0) is 31.6. The molecule has 1 saturated carbocycles. The van der Waals surface area contributed by atoms with Gasteiger partial charge in [0.15, 0.2) is 0 Å². The van der Waals surface area contributed by atoms with Gasteiger partial charge in [0.05, 0.1) is 23.3 Å². The molecule has 2 unspecified atom stereocenters. The number of nitrogens with zero attached hydrogens (tertiary/aromatic N) is 5. The second-order valence-electron chi connectivity index (χ2n) is 12.3. The predicted octanol–water partition coefficient (Wildman–Crippen LogP) is 5.77. The summed E-state index contributed by atoms with van der Waals surface area (Å²) in [6, 6.07) is 17.6. The number of ether oxygens (including phenoxy) is 1. The minimum absolute atomic E-state index is 0.339. The molecular weight excluding hydrogens is 588 g/mol. The average molecular weight is 623 g/mol. The number of nitrogens with one attached hydrogen (secondary N) is 1. The van der Waals surface area contributed by atoms with Gasteiger partial charge < -0.3 is 10.1 Å². The molecule has 10 heteroatoms. The number of aromatic nitrogens is 4. The zero-order valence-electron chi connectivity index (χ0n) is 26.0. The number of piperidine rings is 1. The van der Waals surface area contributed by atoms with Crippen molar-refractivity contribution in [2.24, 2.45) is 31.8 Å². The summed E-state index contributed by atoms with van der Waals surface area (Å²) in [6.07, 6.45) is 1.59. The smallest absolute Gasteiger partial charge is 0.330 e. The second-order valence-corrected chi connectivity index (χ2v) is 12.7. The Balaban J connectivity index is 1.21. The van der Waals surface area contributed by atoms with Crippen LogP contribution in [0.2, 0.25) is 5.02 Å². The highest BCUT2D eigenvalue weighted by Crippen LogP contribution is 2.51. The highest BCUT2D eigenvalue weighted by molar-refractivity contribution is 6.36. The molecule has 2 atom stereocenters. The summed E-state index contributed by atoms with van der Waals surface area (Å²) in [7, 11) is 4.78. The van der Waals surface area contributed by atoms with Gasteiger partial charge in [-0.15, -0.1) is 0 Å². The highest BCUT2D eigenvalue weighted by atomic mass is 35.5. The molecule has 2 aromatic carbocycles. The number of anilines is 2. The van der Waals surface area contributed by atoms with Crippen LogP contribution >= 0.6 is 11.6 Å². The van der Waals surface area contributed by atoms with Crippen LogP contribution in [0, 0.1) is 24.7 Å². The van der Waals surface area contributed by atoms with E-state index in [-0.39, 0.29) is 0 Å². The molecule has 7 rings (SSSR count). The fraction of sp³-hybridized carbons (Fsp3) is 0.314. The van der Waals surface area contributed by atoms with Crippen molar-refractivity contribution in [3.05, 3.63) is 97.8 Å². The first-order valence-electron chi connectivity index (χ1n) is 15.1. The maximum Gasteiger partial charge on any atom is 0.330 e. The Morgan fingerprint density at radius 1 is 0.956 bits per heavy atom. The van der Waals surface area contributed by atoms with Crippen molar-refractivity contribution in [3.63, 3.8) is 0 Å². The van der Waals surface area contributed by atoms with Crippen molar-refractivity contribution < 1.29 is 4.74 Å². The van der Waals surface area contributed by atoms with Crippen LogP contribution in [-0.2, 0) is 20.6 Å². The number of hydrogen-bond donors (Lipinski definition) is 1. The molecule has 1 aliphatic heterocycles. The number of fused-ring (bicyclic) bond motifs is 2. The molecule has 3 aromatic heterocycles. The number of rotatable bonds is 7. The number of aryl methyl sites for hydroxylation is 1. The molecule has 1 saturated heterocycles. The van der Waals surface area contributed by atoms with E-state index in [9.17, 15) is 9.59 Å². The predicted molar refractivity (Wildman–Crippen MR) is 178 cm³/mol. The van der Waals surface area contributed by atoms with Crippen LogP contribution in [0.1, 0.15) is 18.1 Å². The van der Waals surface area contributed by atoms with Gasteiger partial charge in [-0.1, -0.05) is 54.9 Å². The molecule has 9 nitrogen and oxygen atoms in total. The Morgan fingerprint density at radius 2 is 1.67 bits per heavy atom. The number of halogens is 1. The van der Waals surface area contributed by atoms with Gasteiger partial charge in [0.1, 0.15) is 11.2 Å². The third-order valence-corrected chi connectivity index (χ3v) is 10.2. The number of pyridine rings is 2. The molecular formula is C35H35ClN6O3. The van der Waals surface area contributed by atoms with E-state index < -0.39 is 11.2 Å². The van der Waals surface area contributed by atoms with Crippen molar-refractivity contribution in [1.82, 2.24) is 24.0 Å². The third-order valence-electron chi connectivity index (χ3n) is 9.76. The Bertz CT molecular complexity index is 2090. The molecule has 2 aliphatic rings. The Morgan fingerprint density at radius 3 is 2.42 bits per heavy atom. The lowest BCUT2D eigenvalue weighted by molar-refractivity contribution is 0.274. The zero-order valence-corrected chi connectivity index (χ0v) is 26.7. The van der Waals surface area contributed by atoms with Gasteiger partial charge in [-0.3, -0.25) is 18.8 Å². The van der Waals surface area contributed by atoms with Crippen LogP contribution in [0.3, 0.4) is 0 Å². The van der Waals surface area contributed by atoms with Gasteiger partial charge in [-0.25, -0.2) is 14.8 Å². The Labute approximate surface area is 266 Å². The van der Waals surface area contributed by atoms with Gasteiger partial charge in [-0.05, 0) is 54.0 Å². The van der Waals surface area contributed by atoms with E-state index in [1.165, 1.54) is 11.6 Å². The van der Waals surface area contributed by atoms with Crippen molar-refractivity contribution in [3.8, 4) is 28.3 Å². The van der Waals surface area contributed by atoms with E-state index in [0.717, 1.165) is 81.2 Å². The Kier molecular flexibility index (Phi) is 7.25. The molecule has 5 aromatic rings. The van der Waals surface area contributed by atoms with E-state index >= 15 is 0 Å². The molecule has 230 valence electrons. The maximum absolute atomic E-state index is 13.1. The monoisotopic (exact) mass is 622 g/mol. The first kappa shape index (κ1) is 29.3. The summed E-state index contributed by atoms with van der Waals surface area (Å²) in [5.41, 5.74) is 5.82. The highest BCUT2D eigenvalue weighted by Gasteiger charge is 2.52. The largest absolute Gasteiger partial charge is 0.481 e. The lowest BCUT2D eigenvalue weighted by Crippen LogP contribution is -2.37. The Hall–Kier alpha value is -4.47. The molecule has 45 heavy (non-hydrogen) atoms. The minimum atomic E-state index is -0.408. The number of hydrogen-bond acceptors (Lipinski definition) is 7. The fourth-order valence-corrected chi connectivity index (χ4v) is 7.27. The van der Waals surface area contributed by atoms with Crippen LogP contribution in [0.5, 0.6) is 5.88 Å². The lowest BCUT2D eigenvalue weighted by atomic mass is 9.96. The van der Waals surface area contributed by atoms with Crippen LogP contribution in [0.15, 0.2) is 70.4 Å². The normalized spacial score (nSPS) is 19.1. The molecule has 4 heterocycles. The minimum Gasteiger partial charge on any atom is -0.481 e. The van der Waals surface area contributed by atoms with Gasteiger partial charge in [0.25, 0.3) is 5.56 Å². The summed E-state index contributed by atoms with van der Waals surface area (Å²) < 4.78 is 8.28. The maximum atomic E-state index is 13.1. The summed E-state index contributed by atoms with van der Waals surface area (Å²) in [5.74, 6) is 3.54. The van der Waals surface area contributed by atoms with Crippen LogP contribution < -0.4 is 21.3 Å². The van der Waals surface area contributed by atoms with E-state index in [4.69, 9.17) is 21.3 Å².